The van der Waals surface area contributed by atoms with Gasteiger partial charge < -0.3 is 4.74 Å². The molecule has 0 aliphatic carbocycles. The van der Waals surface area contributed by atoms with Gasteiger partial charge in [0.1, 0.15) is 5.75 Å². The molecule has 0 heterocycles. The van der Waals surface area contributed by atoms with Crippen LogP contribution in [0.5, 0.6) is 5.75 Å². The second-order valence-electron chi connectivity index (χ2n) is 4.05. The molecule has 0 aromatic heterocycles. The van der Waals surface area contributed by atoms with Crippen LogP contribution in [0, 0.1) is 11.8 Å². The van der Waals surface area contributed by atoms with Gasteiger partial charge in [-0.3, -0.25) is 0 Å². The molecule has 2 rings (SSSR count). The van der Waals surface area contributed by atoms with Gasteiger partial charge in [-0.05, 0) is 23.8 Å². The summed E-state index contributed by atoms with van der Waals surface area (Å²) in [6.07, 6.45) is 0.901. The first-order valence-corrected chi connectivity index (χ1v) is 6.73. The molecule has 0 fully saturated rings. The van der Waals surface area contributed by atoms with Gasteiger partial charge in [0.05, 0.1) is 12.5 Å². The van der Waals surface area contributed by atoms with Gasteiger partial charge in [0, 0.05) is 12.0 Å². The third kappa shape index (κ3) is 4.69. The molecule has 96 valence electrons. The molecule has 0 saturated carbocycles. The second kappa shape index (κ2) is 7.51. The number of halogens is 1. The zero-order valence-corrected chi connectivity index (χ0v) is 11.4. The number of ether oxygens (including phenoxy) is 1. The third-order valence-corrected chi connectivity index (χ3v) is 2.77. The maximum Gasteiger partial charge on any atom is 0.120 e. The van der Waals surface area contributed by atoms with Crippen LogP contribution in [0.2, 0.25) is 0 Å². The summed E-state index contributed by atoms with van der Waals surface area (Å²) in [5, 5.41) is 0. The van der Waals surface area contributed by atoms with Crippen molar-refractivity contribution >= 4 is 11.6 Å². The van der Waals surface area contributed by atoms with Gasteiger partial charge >= 0.3 is 0 Å². The molecule has 0 aliphatic heterocycles. The normalized spacial score (nSPS) is 9.53. The summed E-state index contributed by atoms with van der Waals surface area (Å²) in [5.41, 5.74) is 2.21. The zero-order chi connectivity index (χ0) is 13.3. The molecule has 0 unspecified atom stereocenters. The van der Waals surface area contributed by atoms with E-state index in [-0.39, 0.29) is 0 Å². The predicted octanol–water partition coefficient (Wildman–Crippen LogP) is 3.90. The van der Waals surface area contributed by atoms with E-state index in [0.717, 1.165) is 17.7 Å². The Hall–Kier alpha value is -1.91. The molecule has 0 aliphatic rings. The Morgan fingerprint density at radius 1 is 1.00 bits per heavy atom. The Balaban J connectivity index is 1.89. The van der Waals surface area contributed by atoms with Crippen molar-refractivity contribution in [3.8, 4) is 17.6 Å². The van der Waals surface area contributed by atoms with Gasteiger partial charge in [0.15, 0.2) is 0 Å². The fraction of sp³-hybridized carbons (Fsp3) is 0.176. The summed E-state index contributed by atoms with van der Waals surface area (Å²) in [7, 11) is 0. The summed E-state index contributed by atoms with van der Waals surface area (Å²) < 4.78 is 5.73. The lowest BCUT2D eigenvalue weighted by Gasteiger charge is -2.06. The fourth-order valence-electron chi connectivity index (χ4n) is 1.73. The molecule has 2 aromatic rings. The van der Waals surface area contributed by atoms with Gasteiger partial charge in [0.25, 0.3) is 0 Å². The fourth-order valence-corrected chi connectivity index (χ4v) is 1.80. The molecule has 0 spiro atoms. The molecule has 0 saturated heterocycles. The summed E-state index contributed by atoms with van der Waals surface area (Å²) in [4.78, 5) is 0. The molecule has 0 N–H and O–H groups in total. The van der Waals surface area contributed by atoms with E-state index in [0.29, 0.717) is 12.5 Å². The molecule has 2 aromatic carbocycles. The van der Waals surface area contributed by atoms with Crippen molar-refractivity contribution in [1.29, 1.82) is 0 Å². The molecular formula is C17H15ClO. The summed E-state index contributed by atoms with van der Waals surface area (Å²) >= 11 is 5.54. The minimum Gasteiger partial charge on any atom is -0.493 e. The lowest BCUT2D eigenvalue weighted by molar-refractivity contribution is 0.322. The first-order valence-electron chi connectivity index (χ1n) is 6.20. The monoisotopic (exact) mass is 270 g/mol. The van der Waals surface area contributed by atoms with E-state index in [2.05, 4.69) is 24.0 Å². The van der Waals surface area contributed by atoms with Gasteiger partial charge in [-0.25, -0.2) is 0 Å². The van der Waals surface area contributed by atoms with Crippen molar-refractivity contribution in [2.45, 2.75) is 6.42 Å². The Labute approximate surface area is 119 Å². The van der Waals surface area contributed by atoms with Gasteiger partial charge in [0.2, 0.25) is 0 Å². The van der Waals surface area contributed by atoms with E-state index < -0.39 is 0 Å². The van der Waals surface area contributed by atoms with Crippen LogP contribution in [-0.2, 0) is 6.42 Å². The number of benzene rings is 2. The first-order chi connectivity index (χ1) is 9.38. The Bertz CT molecular complexity index is 567. The van der Waals surface area contributed by atoms with Crippen LogP contribution >= 0.6 is 11.6 Å². The van der Waals surface area contributed by atoms with E-state index in [4.69, 9.17) is 16.3 Å². The van der Waals surface area contributed by atoms with Crippen LogP contribution in [0.4, 0.5) is 0 Å². The average Bonchev–Trinajstić information content (AvgIpc) is 2.47. The van der Waals surface area contributed by atoms with E-state index in [1.807, 2.05) is 42.5 Å². The Morgan fingerprint density at radius 2 is 1.84 bits per heavy atom. The van der Waals surface area contributed by atoms with Crippen LogP contribution in [0.3, 0.4) is 0 Å². The number of alkyl halides is 1. The number of rotatable bonds is 4. The highest BCUT2D eigenvalue weighted by Gasteiger charge is 1.96. The standard InChI is InChI=1S/C17H15ClO/c18-12-5-9-16-8-4-10-17(14-16)19-13-11-15-6-2-1-3-7-15/h1-4,6-8,10,14H,11-13H2. The van der Waals surface area contributed by atoms with Crippen molar-refractivity contribution < 1.29 is 4.74 Å². The van der Waals surface area contributed by atoms with Crippen LogP contribution in [0.1, 0.15) is 11.1 Å². The van der Waals surface area contributed by atoms with E-state index in [1.54, 1.807) is 0 Å². The molecule has 0 atom stereocenters. The quantitative estimate of drug-likeness (QED) is 0.605. The lowest BCUT2D eigenvalue weighted by Crippen LogP contribution is -2.01. The van der Waals surface area contributed by atoms with E-state index in [9.17, 15) is 0 Å². The minimum atomic E-state index is 0.346. The maximum absolute atomic E-state index is 5.73. The highest BCUT2D eigenvalue weighted by Crippen LogP contribution is 2.13. The van der Waals surface area contributed by atoms with Gasteiger partial charge in [-0.15, -0.1) is 11.6 Å². The maximum atomic E-state index is 5.73. The molecular weight excluding hydrogens is 256 g/mol. The van der Waals surface area contributed by atoms with Crippen molar-refractivity contribution in [3.63, 3.8) is 0 Å². The van der Waals surface area contributed by atoms with Gasteiger partial charge in [-0.2, -0.15) is 0 Å². The Morgan fingerprint density at radius 3 is 2.63 bits per heavy atom. The molecule has 0 radical (unpaired) electrons. The average molecular weight is 271 g/mol. The molecule has 0 bridgehead atoms. The third-order valence-electron chi connectivity index (χ3n) is 2.64. The van der Waals surface area contributed by atoms with E-state index >= 15 is 0 Å². The van der Waals surface area contributed by atoms with Gasteiger partial charge in [-0.1, -0.05) is 48.2 Å². The zero-order valence-electron chi connectivity index (χ0n) is 10.6. The smallest absolute Gasteiger partial charge is 0.120 e. The van der Waals surface area contributed by atoms with Crippen LogP contribution < -0.4 is 4.74 Å². The topological polar surface area (TPSA) is 9.23 Å². The number of hydrogen-bond donors (Lipinski definition) is 0. The molecule has 1 nitrogen and oxygen atoms in total. The molecule has 2 heteroatoms. The van der Waals surface area contributed by atoms with Crippen LogP contribution in [0.25, 0.3) is 0 Å². The van der Waals surface area contributed by atoms with Crippen molar-refractivity contribution in [1.82, 2.24) is 0 Å². The molecule has 19 heavy (non-hydrogen) atoms. The largest absolute Gasteiger partial charge is 0.493 e. The SMILES string of the molecule is ClCC#Cc1cccc(OCCc2ccccc2)c1. The molecule has 0 amide bonds. The lowest BCUT2D eigenvalue weighted by atomic mass is 10.2. The predicted molar refractivity (Wildman–Crippen MR) is 79.7 cm³/mol. The number of hydrogen-bond acceptors (Lipinski definition) is 1. The highest BCUT2D eigenvalue weighted by atomic mass is 35.5. The van der Waals surface area contributed by atoms with Crippen molar-refractivity contribution in [2.24, 2.45) is 0 Å². The van der Waals surface area contributed by atoms with Crippen LogP contribution in [0.15, 0.2) is 54.6 Å². The minimum absolute atomic E-state index is 0.346. The summed E-state index contributed by atoms with van der Waals surface area (Å²) in [5.74, 6) is 7.01. The Kier molecular flexibility index (Phi) is 5.34. The van der Waals surface area contributed by atoms with Crippen molar-refractivity contribution in [2.75, 3.05) is 12.5 Å². The summed E-state index contributed by atoms with van der Waals surface area (Å²) in [6, 6.07) is 18.1. The van der Waals surface area contributed by atoms with Crippen LogP contribution in [-0.4, -0.2) is 12.5 Å². The van der Waals surface area contributed by atoms with E-state index in [1.165, 1.54) is 5.56 Å². The van der Waals surface area contributed by atoms with Crippen molar-refractivity contribution in [3.05, 3.63) is 65.7 Å². The first kappa shape index (κ1) is 13.5. The highest BCUT2D eigenvalue weighted by molar-refractivity contribution is 6.19. The second-order valence-corrected chi connectivity index (χ2v) is 4.31. The summed E-state index contributed by atoms with van der Waals surface area (Å²) in [6.45, 7) is 0.663.